The molecule has 0 radical (unpaired) electrons. The highest BCUT2D eigenvalue weighted by molar-refractivity contribution is 5.95. The SMILES string of the molecule is Cc1cc(-c2cccc(C(=O)N3CC[C@@]4(CN(C)C(=O)O4)C3)c2)nc(N)n1. The lowest BCUT2D eigenvalue weighted by Gasteiger charge is -2.22. The Kier molecular flexibility index (Phi) is 3.98. The smallest absolute Gasteiger partial charge is 0.410 e. The van der Waals surface area contributed by atoms with E-state index in [0.29, 0.717) is 37.3 Å². The van der Waals surface area contributed by atoms with Crippen LogP contribution in [0.5, 0.6) is 0 Å². The Morgan fingerprint density at radius 2 is 2.07 bits per heavy atom. The highest BCUT2D eigenvalue weighted by Crippen LogP contribution is 2.32. The quantitative estimate of drug-likeness (QED) is 0.867. The predicted molar refractivity (Wildman–Crippen MR) is 99.0 cm³/mol. The summed E-state index contributed by atoms with van der Waals surface area (Å²) < 4.78 is 5.52. The molecule has 1 atom stereocenters. The number of aryl methyl sites for hydroxylation is 1. The number of nitrogens with two attached hydrogens (primary N) is 1. The summed E-state index contributed by atoms with van der Waals surface area (Å²) in [5.74, 6) is 0.119. The molecule has 27 heavy (non-hydrogen) atoms. The van der Waals surface area contributed by atoms with Gasteiger partial charge in [0.25, 0.3) is 5.91 Å². The molecule has 0 bridgehead atoms. The number of nitrogen functional groups attached to an aromatic ring is 1. The van der Waals surface area contributed by atoms with Gasteiger partial charge in [-0.1, -0.05) is 12.1 Å². The number of carbonyl (C=O) groups is 2. The van der Waals surface area contributed by atoms with Crippen LogP contribution in [0.15, 0.2) is 30.3 Å². The van der Waals surface area contributed by atoms with Gasteiger partial charge >= 0.3 is 6.09 Å². The minimum atomic E-state index is -0.586. The first-order valence-corrected chi connectivity index (χ1v) is 8.80. The zero-order valence-corrected chi connectivity index (χ0v) is 15.3. The van der Waals surface area contributed by atoms with Gasteiger partial charge in [-0.05, 0) is 25.1 Å². The van der Waals surface area contributed by atoms with Gasteiger partial charge in [-0.25, -0.2) is 14.8 Å². The van der Waals surface area contributed by atoms with Crippen molar-refractivity contribution in [1.82, 2.24) is 19.8 Å². The molecule has 0 aliphatic carbocycles. The summed E-state index contributed by atoms with van der Waals surface area (Å²) in [7, 11) is 1.71. The van der Waals surface area contributed by atoms with Crippen LogP contribution in [0.2, 0.25) is 0 Å². The molecule has 0 saturated carbocycles. The number of aromatic nitrogens is 2. The molecule has 1 aromatic heterocycles. The van der Waals surface area contributed by atoms with Gasteiger partial charge in [-0.15, -0.1) is 0 Å². The van der Waals surface area contributed by atoms with Crippen LogP contribution >= 0.6 is 0 Å². The third-order valence-electron chi connectivity index (χ3n) is 5.02. The Labute approximate surface area is 156 Å². The lowest BCUT2D eigenvalue weighted by molar-refractivity contribution is 0.0553. The number of hydrogen-bond acceptors (Lipinski definition) is 6. The van der Waals surface area contributed by atoms with E-state index in [1.807, 2.05) is 25.1 Å². The number of amides is 2. The molecule has 2 saturated heterocycles. The predicted octanol–water partition coefficient (Wildman–Crippen LogP) is 1.70. The molecule has 3 heterocycles. The van der Waals surface area contributed by atoms with E-state index in [2.05, 4.69) is 9.97 Å². The first kappa shape index (κ1) is 17.3. The minimum Gasteiger partial charge on any atom is -0.439 e. The Balaban J connectivity index is 1.56. The lowest BCUT2D eigenvalue weighted by atomic mass is 10.0. The van der Waals surface area contributed by atoms with E-state index < -0.39 is 5.60 Å². The van der Waals surface area contributed by atoms with Crippen molar-refractivity contribution in [3.63, 3.8) is 0 Å². The maximum atomic E-state index is 13.0. The Bertz CT molecular complexity index is 911. The fourth-order valence-corrected chi connectivity index (χ4v) is 3.76. The molecule has 0 unspecified atom stereocenters. The topological polar surface area (TPSA) is 102 Å². The average molecular weight is 367 g/mol. The van der Waals surface area contributed by atoms with Crippen LogP contribution in [-0.4, -0.2) is 64.1 Å². The molecule has 2 N–H and O–H groups in total. The van der Waals surface area contributed by atoms with Gasteiger partial charge < -0.3 is 20.3 Å². The molecule has 4 rings (SSSR count). The van der Waals surface area contributed by atoms with Gasteiger partial charge in [0, 0.05) is 36.8 Å². The number of likely N-dealkylation sites (tertiary alicyclic amines) is 1. The fourth-order valence-electron chi connectivity index (χ4n) is 3.76. The van der Waals surface area contributed by atoms with Crippen molar-refractivity contribution in [2.45, 2.75) is 18.9 Å². The van der Waals surface area contributed by atoms with Crippen molar-refractivity contribution in [2.24, 2.45) is 0 Å². The molecular formula is C19H21N5O3. The summed E-state index contributed by atoms with van der Waals surface area (Å²) >= 11 is 0. The fraction of sp³-hybridized carbons (Fsp3) is 0.368. The first-order valence-electron chi connectivity index (χ1n) is 8.80. The van der Waals surface area contributed by atoms with Crippen LogP contribution < -0.4 is 5.73 Å². The Morgan fingerprint density at radius 1 is 1.26 bits per heavy atom. The first-order chi connectivity index (χ1) is 12.8. The molecule has 2 aliphatic rings. The Morgan fingerprint density at radius 3 is 2.78 bits per heavy atom. The standard InChI is InChI=1S/C19H21N5O3/c1-12-8-15(22-17(20)21-12)13-4-3-5-14(9-13)16(25)24-7-6-19(11-24)10-23(2)18(26)27-19/h3-5,8-9H,6-7,10-11H2,1-2H3,(H2,20,21,22)/t19-/m1/s1. The molecule has 2 aromatic rings. The summed E-state index contributed by atoms with van der Waals surface area (Å²) in [6, 6.07) is 9.13. The van der Waals surface area contributed by atoms with Crippen LogP contribution in [0.25, 0.3) is 11.3 Å². The van der Waals surface area contributed by atoms with E-state index >= 15 is 0 Å². The van der Waals surface area contributed by atoms with Crippen molar-refractivity contribution < 1.29 is 14.3 Å². The second-order valence-corrected chi connectivity index (χ2v) is 7.22. The maximum Gasteiger partial charge on any atom is 0.410 e. The number of likely N-dealkylation sites (N-methyl/N-ethyl adjacent to an activating group) is 1. The van der Waals surface area contributed by atoms with E-state index in [-0.39, 0.29) is 17.9 Å². The largest absolute Gasteiger partial charge is 0.439 e. The van der Waals surface area contributed by atoms with Gasteiger partial charge in [0.05, 0.1) is 18.8 Å². The molecule has 2 fully saturated rings. The van der Waals surface area contributed by atoms with Gasteiger partial charge in [-0.3, -0.25) is 4.79 Å². The number of nitrogens with zero attached hydrogens (tertiary/aromatic N) is 4. The second kappa shape index (κ2) is 6.22. The molecule has 8 heteroatoms. The molecule has 2 aliphatic heterocycles. The number of anilines is 1. The van der Waals surface area contributed by atoms with Crippen molar-refractivity contribution in [2.75, 3.05) is 32.4 Å². The van der Waals surface area contributed by atoms with E-state index in [4.69, 9.17) is 10.5 Å². The average Bonchev–Trinajstić information content (AvgIpc) is 3.16. The van der Waals surface area contributed by atoms with Crippen molar-refractivity contribution in [3.05, 3.63) is 41.6 Å². The second-order valence-electron chi connectivity index (χ2n) is 7.22. The van der Waals surface area contributed by atoms with Crippen molar-refractivity contribution in [3.8, 4) is 11.3 Å². The molecule has 1 aromatic carbocycles. The zero-order valence-electron chi connectivity index (χ0n) is 15.3. The summed E-state index contributed by atoms with van der Waals surface area (Å²) in [6.07, 6.45) is 0.318. The van der Waals surface area contributed by atoms with Crippen LogP contribution in [-0.2, 0) is 4.74 Å². The molecule has 8 nitrogen and oxygen atoms in total. The maximum absolute atomic E-state index is 13.0. The third-order valence-corrected chi connectivity index (χ3v) is 5.02. The van der Waals surface area contributed by atoms with Crippen LogP contribution in [0, 0.1) is 6.92 Å². The monoisotopic (exact) mass is 367 g/mol. The van der Waals surface area contributed by atoms with Crippen LogP contribution in [0.1, 0.15) is 22.5 Å². The summed E-state index contributed by atoms with van der Waals surface area (Å²) in [5, 5.41) is 0. The van der Waals surface area contributed by atoms with Gasteiger partial charge in [-0.2, -0.15) is 0 Å². The number of carbonyl (C=O) groups excluding carboxylic acids is 2. The van der Waals surface area contributed by atoms with Gasteiger partial charge in [0.15, 0.2) is 5.60 Å². The molecule has 1 spiro atoms. The minimum absolute atomic E-state index is 0.0851. The molecule has 140 valence electrons. The summed E-state index contributed by atoms with van der Waals surface area (Å²) in [6.45, 7) is 3.32. The summed E-state index contributed by atoms with van der Waals surface area (Å²) in [5.41, 5.74) is 7.97. The highest BCUT2D eigenvalue weighted by Gasteiger charge is 2.49. The van der Waals surface area contributed by atoms with Crippen LogP contribution in [0.4, 0.5) is 10.7 Å². The molecule has 2 amide bonds. The van der Waals surface area contributed by atoms with Crippen LogP contribution in [0.3, 0.4) is 0 Å². The van der Waals surface area contributed by atoms with Gasteiger partial charge in [0.2, 0.25) is 5.95 Å². The van der Waals surface area contributed by atoms with E-state index in [9.17, 15) is 9.59 Å². The van der Waals surface area contributed by atoms with E-state index in [1.165, 1.54) is 0 Å². The van der Waals surface area contributed by atoms with E-state index in [0.717, 1.165) is 11.3 Å². The number of hydrogen-bond donors (Lipinski definition) is 1. The highest BCUT2D eigenvalue weighted by atomic mass is 16.6. The van der Waals surface area contributed by atoms with Crippen molar-refractivity contribution >= 4 is 17.9 Å². The summed E-state index contributed by atoms with van der Waals surface area (Å²) in [4.78, 5) is 36.3. The number of rotatable bonds is 2. The van der Waals surface area contributed by atoms with Crippen molar-refractivity contribution in [1.29, 1.82) is 0 Å². The normalized spacial score (nSPS) is 21.8. The zero-order chi connectivity index (χ0) is 19.2. The third kappa shape index (κ3) is 3.18. The Hall–Kier alpha value is -3.16. The number of benzene rings is 1. The van der Waals surface area contributed by atoms with Gasteiger partial charge in [0.1, 0.15) is 0 Å². The van der Waals surface area contributed by atoms with E-state index in [1.54, 1.807) is 29.0 Å². The molecular weight excluding hydrogens is 346 g/mol. The lowest BCUT2D eigenvalue weighted by Crippen LogP contribution is -2.39. The number of ether oxygens (including phenoxy) is 1.